The van der Waals surface area contributed by atoms with Gasteiger partial charge in [-0.25, -0.2) is 0 Å². The van der Waals surface area contributed by atoms with Crippen LogP contribution in [0.3, 0.4) is 0 Å². The summed E-state index contributed by atoms with van der Waals surface area (Å²) in [5.41, 5.74) is 6.92. The third kappa shape index (κ3) is 2.75. The number of nitrogens with two attached hydrogens (primary N) is 1. The molecule has 6 heteroatoms. The van der Waals surface area contributed by atoms with Gasteiger partial charge in [-0.2, -0.15) is 4.98 Å². The molecule has 0 fully saturated rings. The van der Waals surface area contributed by atoms with E-state index < -0.39 is 0 Å². The number of nitrogen functional groups attached to an aromatic ring is 1. The monoisotopic (exact) mass is 253 g/mol. The normalized spacial score (nSPS) is 10.7. The smallest absolute Gasteiger partial charge is 0.259 e. The Balaban J connectivity index is 2.27. The Morgan fingerprint density at radius 2 is 2.29 bits per heavy atom. The van der Waals surface area contributed by atoms with Gasteiger partial charge in [0.25, 0.3) is 5.89 Å². The molecule has 0 saturated carbocycles. The molecular formula is C11H12ClN3O2. The van der Waals surface area contributed by atoms with E-state index in [9.17, 15) is 0 Å². The maximum atomic E-state index is 6.04. The fraction of sp³-hybridized carbons (Fsp3) is 0.273. The maximum Gasteiger partial charge on any atom is 0.259 e. The van der Waals surface area contributed by atoms with Gasteiger partial charge in [0, 0.05) is 19.2 Å². The number of nitrogens with zero attached hydrogens (tertiary/aromatic N) is 2. The van der Waals surface area contributed by atoms with E-state index in [2.05, 4.69) is 10.1 Å². The fourth-order valence-electron chi connectivity index (χ4n) is 1.37. The predicted molar refractivity (Wildman–Crippen MR) is 64.7 cm³/mol. The van der Waals surface area contributed by atoms with Gasteiger partial charge in [-0.05, 0) is 18.2 Å². The zero-order valence-corrected chi connectivity index (χ0v) is 10.1. The minimum Gasteiger partial charge on any atom is -0.399 e. The van der Waals surface area contributed by atoms with Gasteiger partial charge < -0.3 is 15.0 Å². The molecule has 1 heterocycles. The number of benzene rings is 1. The Labute approximate surface area is 104 Å². The van der Waals surface area contributed by atoms with Crippen LogP contribution in [0.25, 0.3) is 11.5 Å². The second kappa shape index (κ2) is 5.16. The summed E-state index contributed by atoms with van der Waals surface area (Å²) in [6.45, 7) is 0.545. The van der Waals surface area contributed by atoms with Crippen LogP contribution < -0.4 is 5.73 Å². The molecule has 0 bridgehead atoms. The molecule has 2 aromatic rings. The van der Waals surface area contributed by atoms with Crippen LogP contribution in [0.1, 0.15) is 5.82 Å². The van der Waals surface area contributed by atoms with Crippen molar-refractivity contribution in [3.63, 3.8) is 0 Å². The zero-order chi connectivity index (χ0) is 12.3. The quantitative estimate of drug-likeness (QED) is 0.845. The molecule has 90 valence electrons. The fourth-order valence-corrected chi connectivity index (χ4v) is 1.56. The van der Waals surface area contributed by atoms with E-state index in [1.165, 1.54) is 0 Å². The number of rotatable bonds is 4. The van der Waals surface area contributed by atoms with Gasteiger partial charge in [0.2, 0.25) is 0 Å². The third-order valence-electron chi connectivity index (χ3n) is 2.22. The lowest BCUT2D eigenvalue weighted by molar-refractivity contribution is 0.199. The van der Waals surface area contributed by atoms with Gasteiger partial charge in [0.05, 0.1) is 17.2 Å². The minimum absolute atomic E-state index is 0.369. The van der Waals surface area contributed by atoms with Crippen molar-refractivity contribution in [3.05, 3.63) is 29.0 Å². The average molecular weight is 254 g/mol. The first-order valence-electron chi connectivity index (χ1n) is 5.07. The van der Waals surface area contributed by atoms with Gasteiger partial charge >= 0.3 is 0 Å². The second-order valence-electron chi connectivity index (χ2n) is 3.50. The maximum absolute atomic E-state index is 6.04. The first-order chi connectivity index (χ1) is 8.20. The van der Waals surface area contributed by atoms with Gasteiger partial charge in [-0.1, -0.05) is 16.8 Å². The van der Waals surface area contributed by atoms with Crippen LogP contribution in [0.15, 0.2) is 22.7 Å². The van der Waals surface area contributed by atoms with E-state index in [-0.39, 0.29) is 0 Å². The SMILES string of the molecule is COCCc1noc(-c2cc(N)ccc2Cl)n1. The minimum atomic E-state index is 0.369. The van der Waals surface area contributed by atoms with E-state index in [4.69, 9.17) is 26.6 Å². The van der Waals surface area contributed by atoms with E-state index in [1.807, 2.05) is 0 Å². The van der Waals surface area contributed by atoms with E-state index in [0.717, 1.165) is 0 Å². The summed E-state index contributed by atoms with van der Waals surface area (Å²) in [6, 6.07) is 5.12. The van der Waals surface area contributed by atoms with Crippen LogP contribution in [-0.2, 0) is 11.2 Å². The van der Waals surface area contributed by atoms with Crippen molar-refractivity contribution < 1.29 is 9.26 Å². The number of ether oxygens (including phenoxy) is 1. The van der Waals surface area contributed by atoms with Gasteiger partial charge in [-0.15, -0.1) is 0 Å². The summed E-state index contributed by atoms with van der Waals surface area (Å²) < 4.78 is 10.1. The lowest BCUT2D eigenvalue weighted by Crippen LogP contribution is -1.96. The summed E-state index contributed by atoms with van der Waals surface area (Å²) in [5, 5.41) is 4.36. The van der Waals surface area contributed by atoms with Crippen LogP contribution in [0.4, 0.5) is 5.69 Å². The summed E-state index contributed by atoms with van der Waals surface area (Å²) in [6.07, 6.45) is 0.597. The van der Waals surface area contributed by atoms with E-state index in [1.54, 1.807) is 25.3 Å². The van der Waals surface area contributed by atoms with Gasteiger partial charge in [-0.3, -0.25) is 0 Å². The Kier molecular flexibility index (Phi) is 3.61. The number of halogens is 1. The Morgan fingerprint density at radius 1 is 1.47 bits per heavy atom. The van der Waals surface area contributed by atoms with Gasteiger partial charge in [0.15, 0.2) is 5.82 Å². The number of hydrogen-bond acceptors (Lipinski definition) is 5. The van der Waals surface area contributed by atoms with Crippen LogP contribution in [0, 0.1) is 0 Å². The van der Waals surface area contributed by atoms with Crippen LogP contribution in [0.2, 0.25) is 5.02 Å². The third-order valence-corrected chi connectivity index (χ3v) is 2.55. The number of aromatic nitrogens is 2. The molecule has 1 aromatic heterocycles. The number of hydrogen-bond donors (Lipinski definition) is 1. The second-order valence-corrected chi connectivity index (χ2v) is 3.91. The molecule has 2 N–H and O–H groups in total. The molecule has 17 heavy (non-hydrogen) atoms. The molecule has 0 unspecified atom stereocenters. The van der Waals surface area contributed by atoms with Gasteiger partial charge in [0.1, 0.15) is 0 Å². The molecular weight excluding hydrogens is 242 g/mol. The number of methoxy groups -OCH3 is 1. The first-order valence-corrected chi connectivity index (χ1v) is 5.45. The topological polar surface area (TPSA) is 74.2 Å². The lowest BCUT2D eigenvalue weighted by Gasteiger charge is -1.99. The molecule has 1 aromatic carbocycles. The van der Waals surface area contributed by atoms with E-state index in [0.29, 0.717) is 41.0 Å². The largest absolute Gasteiger partial charge is 0.399 e. The standard InChI is InChI=1S/C11H12ClN3O2/c1-16-5-4-10-14-11(17-15-10)8-6-7(13)2-3-9(8)12/h2-3,6H,4-5,13H2,1H3. The van der Waals surface area contributed by atoms with Crippen molar-refractivity contribution in [2.45, 2.75) is 6.42 Å². The Bertz CT molecular complexity index is 513. The molecule has 0 spiro atoms. The summed E-state index contributed by atoms with van der Waals surface area (Å²) >= 11 is 6.04. The molecule has 0 amide bonds. The molecule has 2 rings (SSSR count). The van der Waals surface area contributed by atoms with Crippen molar-refractivity contribution in [2.75, 3.05) is 19.5 Å². The average Bonchev–Trinajstić information content (AvgIpc) is 2.78. The van der Waals surface area contributed by atoms with Crippen LogP contribution >= 0.6 is 11.6 Å². The molecule has 5 nitrogen and oxygen atoms in total. The van der Waals surface area contributed by atoms with Crippen molar-refractivity contribution in [1.29, 1.82) is 0 Å². The summed E-state index contributed by atoms with van der Waals surface area (Å²) in [5.74, 6) is 0.953. The summed E-state index contributed by atoms with van der Waals surface area (Å²) in [7, 11) is 1.62. The molecule has 0 aliphatic carbocycles. The first kappa shape index (κ1) is 11.9. The van der Waals surface area contributed by atoms with Crippen molar-refractivity contribution in [2.24, 2.45) is 0 Å². The van der Waals surface area contributed by atoms with Crippen LogP contribution in [-0.4, -0.2) is 23.9 Å². The molecule has 0 atom stereocenters. The number of anilines is 1. The van der Waals surface area contributed by atoms with Crippen molar-refractivity contribution >= 4 is 17.3 Å². The zero-order valence-electron chi connectivity index (χ0n) is 9.31. The highest BCUT2D eigenvalue weighted by molar-refractivity contribution is 6.33. The molecule has 0 saturated heterocycles. The lowest BCUT2D eigenvalue weighted by atomic mass is 10.2. The molecule has 0 aliphatic heterocycles. The Morgan fingerprint density at radius 3 is 3.06 bits per heavy atom. The van der Waals surface area contributed by atoms with Crippen molar-refractivity contribution in [1.82, 2.24) is 10.1 Å². The highest BCUT2D eigenvalue weighted by atomic mass is 35.5. The summed E-state index contributed by atoms with van der Waals surface area (Å²) in [4.78, 5) is 4.22. The highest BCUT2D eigenvalue weighted by Gasteiger charge is 2.12. The highest BCUT2D eigenvalue weighted by Crippen LogP contribution is 2.28. The predicted octanol–water partition coefficient (Wildman–Crippen LogP) is 2.16. The van der Waals surface area contributed by atoms with Crippen LogP contribution in [0.5, 0.6) is 0 Å². The molecule has 0 radical (unpaired) electrons. The molecule has 0 aliphatic rings. The Hall–Kier alpha value is -1.59. The van der Waals surface area contributed by atoms with Crippen molar-refractivity contribution in [3.8, 4) is 11.5 Å². The van der Waals surface area contributed by atoms with E-state index >= 15 is 0 Å².